The minimum Gasteiger partial charge on any atom is -0.497 e. The molecule has 1 N–H and O–H groups in total. The van der Waals surface area contributed by atoms with E-state index in [1.807, 2.05) is 0 Å². The Balaban J connectivity index is 2.04. The third kappa shape index (κ3) is 2.72. The lowest BCUT2D eigenvalue weighted by Crippen LogP contribution is -2.21. The van der Waals surface area contributed by atoms with Crippen LogP contribution in [0.3, 0.4) is 0 Å². The van der Waals surface area contributed by atoms with Crippen molar-refractivity contribution in [2.45, 2.75) is 12.8 Å². The molecule has 114 valence electrons. The maximum Gasteiger partial charge on any atom is 0.339 e. The first kappa shape index (κ1) is 14.3. The molecule has 2 aromatic rings. The van der Waals surface area contributed by atoms with Crippen LogP contribution in [0.25, 0.3) is 11.3 Å². The van der Waals surface area contributed by atoms with Gasteiger partial charge in [0.1, 0.15) is 11.3 Å². The van der Waals surface area contributed by atoms with Gasteiger partial charge in [-0.2, -0.15) is 0 Å². The number of hydrogen-bond donors (Lipinski definition) is 1. The average molecular weight is 299 g/mol. The number of ether oxygens (including phenoxy) is 1. The Hall–Kier alpha value is -2.63. The molecule has 0 aliphatic carbocycles. The predicted octanol–water partition coefficient (Wildman–Crippen LogP) is 2.45. The van der Waals surface area contributed by atoms with Crippen LogP contribution >= 0.6 is 0 Å². The van der Waals surface area contributed by atoms with E-state index in [9.17, 15) is 9.90 Å². The maximum absolute atomic E-state index is 11.4. The van der Waals surface area contributed by atoms with Gasteiger partial charge in [0.05, 0.1) is 12.8 Å². The smallest absolute Gasteiger partial charge is 0.339 e. The molecule has 0 amide bonds. The fraction of sp³-hybridized carbons (Fsp3) is 0.312. The lowest BCUT2D eigenvalue weighted by atomic mass is 10.1. The van der Waals surface area contributed by atoms with Crippen LogP contribution in [-0.4, -0.2) is 41.2 Å². The first-order valence-electron chi connectivity index (χ1n) is 7.19. The monoisotopic (exact) mass is 299 g/mol. The molecule has 6 nitrogen and oxygen atoms in total. The van der Waals surface area contributed by atoms with Crippen LogP contribution in [0.5, 0.6) is 5.75 Å². The molecular weight excluding hydrogens is 282 g/mol. The Labute approximate surface area is 128 Å². The van der Waals surface area contributed by atoms with Crippen molar-refractivity contribution in [3.05, 3.63) is 36.0 Å². The van der Waals surface area contributed by atoms with E-state index in [2.05, 4.69) is 14.9 Å². The minimum absolute atomic E-state index is 0.105. The number of aromatic nitrogens is 2. The second kappa shape index (κ2) is 6.01. The van der Waals surface area contributed by atoms with E-state index in [1.165, 1.54) is 6.20 Å². The zero-order valence-corrected chi connectivity index (χ0v) is 12.3. The normalized spacial score (nSPS) is 14.1. The minimum atomic E-state index is -1.03. The first-order valence-corrected chi connectivity index (χ1v) is 7.19. The highest BCUT2D eigenvalue weighted by Crippen LogP contribution is 2.26. The Morgan fingerprint density at radius 3 is 2.50 bits per heavy atom. The molecule has 0 spiro atoms. The van der Waals surface area contributed by atoms with Gasteiger partial charge >= 0.3 is 5.97 Å². The van der Waals surface area contributed by atoms with Gasteiger partial charge < -0.3 is 14.7 Å². The van der Waals surface area contributed by atoms with Crippen LogP contribution in [0, 0.1) is 0 Å². The van der Waals surface area contributed by atoms with Gasteiger partial charge in [0.15, 0.2) is 0 Å². The third-order valence-corrected chi connectivity index (χ3v) is 3.76. The molecule has 3 rings (SSSR count). The molecular formula is C16H17N3O3. The van der Waals surface area contributed by atoms with Gasteiger partial charge in [-0.05, 0) is 37.1 Å². The lowest BCUT2D eigenvalue weighted by molar-refractivity contribution is 0.0697. The van der Waals surface area contributed by atoms with E-state index < -0.39 is 5.97 Å². The molecule has 1 aliphatic rings. The van der Waals surface area contributed by atoms with E-state index in [1.54, 1.807) is 31.4 Å². The first-order chi connectivity index (χ1) is 10.7. The number of carboxylic acid groups (broad SMARTS) is 1. The third-order valence-electron chi connectivity index (χ3n) is 3.76. The fourth-order valence-corrected chi connectivity index (χ4v) is 2.57. The van der Waals surface area contributed by atoms with Gasteiger partial charge in [-0.25, -0.2) is 14.8 Å². The van der Waals surface area contributed by atoms with E-state index in [4.69, 9.17) is 4.74 Å². The van der Waals surface area contributed by atoms with Crippen molar-refractivity contribution in [3.8, 4) is 17.0 Å². The van der Waals surface area contributed by atoms with E-state index in [-0.39, 0.29) is 5.56 Å². The van der Waals surface area contributed by atoms with Gasteiger partial charge in [-0.1, -0.05) is 0 Å². The van der Waals surface area contributed by atoms with Crippen LogP contribution in [0.4, 0.5) is 5.95 Å². The molecule has 6 heteroatoms. The zero-order chi connectivity index (χ0) is 15.5. The quantitative estimate of drug-likeness (QED) is 0.934. The molecule has 0 atom stereocenters. The summed E-state index contributed by atoms with van der Waals surface area (Å²) in [5.74, 6) is 0.279. The van der Waals surface area contributed by atoms with Crippen molar-refractivity contribution < 1.29 is 14.6 Å². The SMILES string of the molecule is COc1ccc(-c2nc(N3CCCC3)ncc2C(=O)O)cc1. The number of carboxylic acids is 1. The summed E-state index contributed by atoms with van der Waals surface area (Å²) in [4.78, 5) is 22.2. The molecule has 1 aliphatic heterocycles. The highest BCUT2D eigenvalue weighted by molar-refractivity contribution is 5.94. The summed E-state index contributed by atoms with van der Waals surface area (Å²) in [6.07, 6.45) is 3.62. The van der Waals surface area contributed by atoms with Crippen LogP contribution < -0.4 is 9.64 Å². The highest BCUT2D eigenvalue weighted by Gasteiger charge is 2.20. The summed E-state index contributed by atoms with van der Waals surface area (Å²) in [5, 5.41) is 9.37. The van der Waals surface area contributed by atoms with Crippen molar-refractivity contribution in [3.63, 3.8) is 0 Å². The lowest BCUT2D eigenvalue weighted by Gasteiger charge is -2.16. The summed E-state index contributed by atoms with van der Waals surface area (Å²) in [6, 6.07) is 7.19. The van der Waals surface area contributed by atoms with Gasteiger partial charge in [0.25, 0.3) is 0 Å². The molecule has 22 heavy (non-hydrogen) atoms. The molecule has 1 aromatic heterocycles. The van der Waals surface area contributed by atoms with Gasteiger partial charge in [-0.15, -0.1) is 0 Å². The molecule has 1 saturated heterocycles. The number of methoxy groups -OCH3 is 1. The van der Waals surface area contributed by atoms with Crippen molar-refractivity contribution in [2.24, 2.45) is 0 Å². The molecule has 2 heterocycles. The van der Waals surface area contributed by atoms with E-state index in [0.717, 1.165) is 37.2 Å². The number of hydrogen-bond acceptors (Lipinski definition) is 5. The van der Waals surface area contributed by atoms with Gasteiger partial charge in [0.2, 0.25) is 5.95 Å². The van der Waals surface area contributed by atoms with Crippen LogP contribution in [-0.2, 0) is 0 Å². The van der Waals surface area contributed by atoms with E-state index in [0.29, 0.717) is 11.6 Å². The Morgan fingerprint density at radius 2 is 1.91 bits per heavy atom. The van der Waals surface area contributed by atoms with Crippen molar-refractivity contribution in [1.82, 2.24) is 9.97 Å². The Kier molecular flexibility index (Phi) is 3.91. The standard InChI is InChI=1S/C16H17N3O3/c1-22-12-6-4-11(5-7-12)14-13(15(20)21)10-17-16(18-14)19-8-2-3-9-19/h4-7,10H,2-3,8-9H2,1H3,(H,20,21). The van der Waals surface area contributed by atoms with Crippen LogP contribution in [0.1, 0.15) is 23.2 Å². The molecule has 0 unspecified atom stereocenters. The zero-order valence-electron chi connectivity index (χ0n) is 12.3. The Bertz CT molecular complexity index is 680. The number of aromatic carboxylic acids is 1. The number of carbonyl (C=O) groups is 1. The largest absolute Gasteiger partial charge is 0.497 e. The summed E-state index contributed by atoms with van der Waals surface area (Å²) < 4.78 is 5.13. The molecule has 1 fully saturated rings. The second-order valence-electron chi connectivity index (χ2n) is 5.16. The van der Waals surface area contributed by atoms with Gasteiger partial charge in [0, 0.05) is 24.8 Å². The molecule has 0 saturated carbocycles. The fourth-order valence-electron chi connectivity index (χ4n) is 2.57. The highest BCUT2D eigenvalue weighted by atomic mass is 16.5. The Morgan fingerprint density at radius 1 is 1.23 bits per heavy atom. The topological polar surface area (TPSA) is 75.5 Å². The van der Waals surface area contributed by atoms with Gasteiger partial charge in [-0.3, -0.25) is 0 Å². The number of anilines is 1. The summed E-state index contributed by atoms with van der Waals surface area (Å²) in [7, 11) is 1.59. The summed E-state index contributed by atoms with van der Waals surface area (Å²) in [6.45, 7) is 1.82. The van der Waals surface area contributed by atoms with Crippen molar-refractivity contribution >= 4 is 11.9 Å². The maximum atomic E-state index is 11.4. The molecule has 1 aromatic carbocycles. The summed E-state index contributed by atoms with van der Waals surface area (Å²) in [5.41, 5.74) is 1.28. The molecule has 0 bridgehead atoms. The second-order valence-corrected chi connectivity index (χ2v) is 5.16. The number of rotatable bonds is 4. The van der Waals surface area contributed by atoms with E-state index >= 15 is 0 Å². The number of benzene rings is 1. The van der Waals surface area contributed by atoms with Crippen LogP contribution in [0.15, 0.2) is 30.5 Å². The van der Waals surface area contributed by atoms with Crippen molar-refractivity contribution in [2.75, 3.05) is 25.1 Å². The average Bonchev–Trinajstić information content (AvgIpc) is 3.09. The van der Waals surface area contributed by atoms with Crippen LogP contribution in [0.2, 0.25) is 0 Å². The predicted molar refractivity (Wildman–Crippen MR) is 82.4 cm³/mol. The summed E-state index contributed by atoms with van der Waals surface area (Å²) >= 11 is 0. The van der Waals surface area contributed by atoms with Crippen molar-refractivity contribution in [1.29, 1.82) is 0 Å². The number of nitrogens with zero attached hydrogens (tertiary/aromatic N) is 3. The molecule has 0 radical (unpaired) electrons.